The van der Waals surface area contributed by atoms with E-state index in [0.29, 0.717) is 16.2 Å². The number of carbonyl (C=O) groups excluding carboxylic acids is 1. The number of aromatic nitrogens is 1. The standard InChI is InChI=1S/C14H9ClN2O2/c15-10-4-1-3-9-11(6-7-16-13(9)10)17-14(18)12-5-2-8-19-12/h1-8H,(H,16,17,18). The zero-order chi connectivity index (χ0) is 13.2. The summed E-state index contributed by atoms with van der Waals surface area (Å²) in [7, 11) is 0. The van der Waals surface area contributed by atoms with E-state index in [1.54, 1.807) is 30.5 Å². The van der Waals surface area contributed by atoms with Crippen LogP contribution in [0.1, 0.15) is 10.6 Å². The number of amides is 1. The maximum atomic E-state index is 11.9. The summed E-state index contributed by atoms with van der Waals surface area (Å²) in [5.41, 5.74) is 1.30. The fraction of sp³-hybridized carbons (Fsp3) is 0. The van der Waals surface area contributed by atoms with E-state index in [1.165, 1.54) is 6.26 Å². The number of benzene rings is 1. The van der Waals surface area contributed by atoms with Gasteiger partial charge >= 0.3 is 0 Å². The quantitative estimate of drug-likeness (QED) is 0.773. The van der Waals surface area contributed by atoms with E-state index in [2.05, 4.69) is 10.3 Å². The minimum absolute atomic E-state index is 0.256. The van der Waals surface area contributed by atoms with Crippen molar-refractivity contribution in [1.82, 2.24) is 4.98 Å². The number of pyridine rings is 1. The molecule has 0 saturated heterocycles. The summed E-state index contributed by atoms with van der Waals surface area (Å²) >= 11 is 6.07. The van der Waals surface area contributed by atoms with Gasteiger partial charge in [-0.15, -0.1) is 0 Å². The molecule has 5 heteroatoms. The van der Waals surface area contributed by atoms with Crippen molar-refractivity contribution in [3.63, 3.8) is 0 Å². The highest BCUT2D eigenvalue weighted by atomic mass is 35.5. The third kappa shape index (κ3) is 2.18. The van der Waals surface area contributed by atoms with Gasteiger partial charge in [-0.2, -0.15) is 0 Å². The van der Waals surface area contributed by atoms with Crippen LogP contribution in [-0.2, 0) is 0 Å². The number of halogens is 1. The number of carbonyl (C=O) groups is 1. The van der Waals surface area contributed by atoms with Gasteiger partial charge in [0.25, 0.3) is 5.91 Å². The van der Waals surface area contributed by atoms with Crippen LogP contribution in [0.5, 0.6) is 0 Å². The molecule has 2 heterocycles. The Kier molecular flexibility index (Phi) is 2.93. The molecular formula is C14H9ClN2O2. The number of furan rings is 1. The molecule has 0 aliphatic rings. The predicted octanol–water partition coefficient (Wildman–Crippen LogP) is 3.73. The highest BCUT2D eigenvalue weighted by Crippen LogP contribution is 2.27. The van der Waals surface area contributed by atoms with E-state index in [-0.39, 0.29) is 11.7 Å². The van der Waals surface area contributed by atoms with Crippen LogP contribution in [-0.4, -0.2) is 10.9 Å². The second kappa shape index (κ2) is 4.74. The molecule has 3 rings (SSSR count). The summed E-state index contributed by atoms with van der Waals surface area (Å²) in [6.07, 6.45) is 3.06. The van der Waals surface area contributed by atoms with Crippen molar-refractivity contribution in [3.8, 4) is 0 Å². The Balaban J connectivity index is 2.02. The summed E-state index contributed by atoms with van der Waals surface area (Å²) in [5, 5.41) is 4.12. The van der Waals surface area contributed by atoms with Crippen molar-refractivity contribution in [2.24, 2.45) is 0 Å². The monoisotopic (exact) mass is 272 g/mol. The third-order valence-electron chi connectivity index (χ3n) is 2.71. The number of hydrogen-bond acceptors (Lipinski definition) is 3. The number of fused-ring (bicyclic) bond motifs is 1. The molecule has 0 aliphatic carbocycles. The molecule has 0 fully saturated rings. The van der Waals surface area contributed by atoms with Crippen molar-refractivity contribution >= 4 is 34.1 Å². The van der Waals surface area contributed by atoms with Crippen molar-refractivity contribution in [1.29, 1.82) is 0 Å². The highest BCUT2D eigenvalue weighted by molar-refractivity contribution is 6.35. The van der Waals surface area contributed by atoms with Crippen LogP contribution < -0.4 is 5.32 Å². The summed E-state index contributed by atoms with van der Waals surface area (Å²) in [4.78, 5) is 16.2. The van der Waals surface area contributed by atoms with E-state index in [0.717, 1.165) is 5.39 Å². The molecule has 2 aromatic heterocycles. The van der Waals surface area contributed by atoms with Gasteiger partial charge in [0.1, 0.15) is 0 Å². The van der Waals surface area contributed by atoms with Crippen LogP contribution >= 0.6 is 11.6 Å². The summed E-state index contributed by atoms with van der Waals surface area (Å²) in [6.45, 7) is 0. The zero-order valence-electron chi connectivity index (χ0n) is 9.76. The van der Waals surface area contributed by atoms with E-state index in [4.69, 9.17) is 16.0 Å². The first-order chi connectivity index (χ1) is 9.25. The lowest BCUT2D eigenvalue weighted by molar-refractivity contribution is 0.0997. The SMILES string of the molecule is O=C(Nc1ccnc2c(Cl)cccc12)c1ccco1. The summed E-state index contributed by atoms with van der Waals surface area (Å²) < 4.78 is 5.05. The first-order valence-corrected chi connectivity index (χ1v) is 6.01. The molecule has 1 aromatic carbocycles. The molecule has 0 saturated carbocycles. The fourth-order valence-electron chi connectivity index (χ4n) is 1.84. The lowest BCUT2D eigenvalue weighted by Gasteiger charge is -2.07. The van der Waals surface area contributed by atoms with Gasteiger partial charge in [-0.25, -0.2) is 0 Å². The van der Waals surface area contributed by atoms with Gasteiger partial charge in [0.2, 0.25) is 0 Å². The number of para-hydroxylation sites is 1. The van der Waals surface area contributed by atoms with Gasteiger partial charge in [-0.1, -0.05) is 23.7 Å². The molecule has 94 valence electrons. The van der Waals surface area contributed by atoms with E-state index < -0.39 is 0 Å². The first kappa shape index (κ1) is 11.7. The van der Waals surface area contributed by atoms with Crippen LogP contribution in [0.3, 0.4) is 0 Å². The molecule has 19 heavy (non-hydrogen) atoms. The topological polar surface area (TPSA) is 55.1 Å². The van der Waals surface area contributed by atoms with E-state index in [1.807, 2.05) is 12.1 Å². The molecular weight excluding hydrogens is 264 g/mol. The van der Waals surface area contributed by atoms with Crippen LogP contribution in [0, 0.1) is 0 Å². The number of nitrogens with zero attached hydrogens (tertiary/aromatic N) is 1. The maximum Gasteiger partial charge on any atom is 0.291 e. The van der Waals surface area contributed by atoms with Crippen LogP contribution in [0.15, 0.2) is 53.3 Å². The Hall–Kier alpha value is -2.33. The van der Waals surface area contributed by atoms with Gasteiger partial charge in [0.05, 0.1) is 22.5 Å². The van der Waals surface area contributed by atoms with Crippen molar-refractivity contribution in [3.05, 3.63) is 59.6 Å². The lowest BCUT2D eigenvalue weighted by Crippen LogP contribution is -2.11. The van der Waals surface area contributed by atoms with Crippen LogP contribution in [0.4, 0.5) is 5.69 Å². The van der Waals surface area contributed by atoms with Crippen molar-refractivity contribution < 1.29 is 9.21 Å². The van der Waals surface area contributed by atoms with E-state index in [9.17, 15) is 4.79 Å². The van der Waals surface area contributed by atoms with Crippen LogP contribution in [0.25, 0.3) is 10.9 Å². The third-order valence-corrected chi connectivity index (χ3v) is 3.02. The molecule has 1 amide bonds. The number of rotatable bonds is 2. The Labute approximate surface area is 114 Å². The average Bonchev–Trinajstić information content (AvgIpc) is 2.94. The highest BCUT2D eigenvalue weighted by Gasteiger charge is 2.11. The lowest BCUT2D eigenvalue weighted by atomic mass is 10.2. The minimum atomic E-state index is -0.308. The van der Waals surface area contributed by atoms with Gasteiger partial charge in [0.15, 0.2) is 5.76 Å². The fourth-order valence-corrected chi connectivity index (χ4v) is 2.06. The molecule has 3 aromatic rings. The second-order valence-electron chi connectivity index (χ2n) is 3.93. The molecule has 0 bridgehead atoms. The number of anilines is 1. The Morgan fingerprint density at radius 1 is 1.21 bits per heavy atom. The summed E-state index contributed by atoms with van der Waals surface area (Å²) in [6, 6.07) is 10.4. The normalized spacial score (nSPS) is 10.6. The molecule has 0 unspecified atom stereocenters. The molecule has 0 atom stereocenters. The Morgan fingerprint density at radius 2 is 2.11 bits per heavy atom. The molecule has 0 spiro atoms. The Bertz CT molecular complexity index is 738. The van der Waals surface area contributed by atoms with Gasteiger partial charge in [-0.05, 0) is 24.3 Å². The van der Waals surface area contributed by atoms with Crippen LogP contribution in [0.2, 0.25) is 5.02 Å². The molecule has 1 N–H and O–H groups in total. The van der Waals surface area contributed by atoms with Gasteiger partial charge < -0.3 is 9.73 Å². The maximum absolute atomic E-state index is 11.9. The Morgan fingerprint density at radius 3 is 2.89 bits per heavy atom. The van der Waals surface area contributed by atoms with Gasteiger partial charge in [-0.3, -0.25) is 9.78 Å². The number of nitrogens with one attached hydrogen (secondary N) is 1. The first-order valence-electron chi connectivity index (χ1n) is 5.64. The number of hydrogen-bond donors (Lipinski definition) is 1. The molecule has 0 radical (unpaired) electrons. The van der Waals surface area contributed by atoms with Crippen molar-refractivity contribution in [2.45, 2.75) is 0 Å². The molecule has 0 aliphatic heterocycles. The average molecular weight is 273 g/mol. The smallest absolute Gasteiger partial charge is 0.291 e. The second-order valence-corrected chi connectivity index (χ2v) is 4.33. The largest absolute Gasteiger partial charge is 0.459 e. The zero-order valence-corrected chi connectivity index (χ0v) is 10.5. The minimum Gasteiger partial charge on any atom is -0.459 e. The predicted molar refractivity (Wildman–Crippen MR) is 73.4 cm³/mol. The summed E-state index contributed by atoms with van der Waals surface area (Å²) in [5.74, 6) is -0.0514. The van der Waals surface area contributed by atoms with Gasteiger partial charge in [0, 0.05) is 11.6 Å². The molecule has 4 nitrogen and oxygen atoms in total. The van der Waals surface area contributed by atoms with Crippen molar-refractivity contribution in [2.75, 3.05) is 5.32 Å². The van der Waals surface area contributed by atoms with E-state index >= 15 is 0 Å².